The highest BCUT2D eigenvalue weighted by Gasteiger charge is 2.50. The maximum absolute atomic E-state index is 12.7. The lowest BCUT2D eigenvalue weighted by Crippen LogP contribution is -2.28. The van der Waals surface area contributed by atoms with Crippen LogP contribution in [-0.2, 0) is 38.5 Å². The van der Waals surface area contributed by atoms with Crippen LogP contribution in [0.4, 0.5) is 26.3 Å². The third-order valence-corrected chi connectivity index (χ3v) is 7.77. The molecule has 0 aliphatic heterocycles. The first-order valence-electron chi connectivity index (χ1n) is 9.34. The molecule has 33 heavy (non-hydrogen) atoms. The van der Waals surface area contributed by atoms with Crippen molar-refractivity contribution in [3.63, 3.8) is 0 Å². The minimum absolute atomic E-state index is 0.431. The SMILES string of the molecule is O=S(=O)(Oc1ccc2c(c1)C1(CC2)CCc2ccc(OS(=O)(=O)C(F)(F)F)cc21)C(F)(F)F. The zero-order valence-electron chi connectivity index (χ0n) is 16.3. The molecule has 4 rings (SSSR count). The minimum Gasteiger partial charge on any atom is -0.376 e. The summed E-state index contributed by atoms with van der Waals surface area (Å²) in [6, 6.07) is 7.37. The van der Waals surface area contributed by atoms with E-state index in [0.717, 1.165) is 12.1 Å². The molecule has 0 aromatic heterocycles. The van der Waals surface area contributed by atoms with Crippen molar-refractivity contribution in [2.45, 2.75) is 42.1 Å². The average molecular weight is 516 g/mol. The van der Waals surface area contributed by atoms with Crippen LogP contribution in [0.2, 0.25) is 0 Å². The topological polar surface area (TPSA) is 86.7 Å². The highest BCUT2D eigenvalue weighted by molar-refractivity contribution is 7.88. The fourth-order valence-corrected chi connectivity index (χ4v) is 5.30. The van der Waals surface area contributed by atoms with E-state index in [1.54, 1.807) is 0 Å². The first kappa shape index (κ1) is 23.7. The van der Waals surface area contributed by atoms with Crippen molar-refractivity contribution < 1.29 is 51.5 Å². The molecule has 0 unspecified atom stereocenters. The van der Waals surface area contributed by atoms with Crippen molar-refractivity contribution in [3.8, 4) is 11.5 Å². The van der Waals surface area contributed by atoms with Crippen LogP contribution in [0.1, 0.15) is 35.1 Å². The van der Waals surface area contributed by atoms with Crippen molar-refractivity contribution in [1.29, 1.82) is 0 Å². The Bertz CT molecular complexity index is 1230. The molecule has 2 aromatic rings. The number of hydrogen-bond acceptors (Lipinski definition) is 6. The molecule has 14 heteroatoms. The number of benzene rings is 2. The normalized spacial score (nSPS) is 17.6. The molecular weight excluding hydrogens is 502 g/mol. The number of aryl methyl sites for hydroxylation is 2. The van der Waals surface area contributed by atoms with Crippen molar-refractivity contribution in [2.75, 3.05) is 0 Å². The molecule has 0 saturated heterocycles. The molecule has 0 fully saturated rings. The van der Waals surface area contributed by atoms with E-state index in [0.29, 0.717) is 47.9 Å². The van der Waals surface area contributed by atoms with Gasteiger partial charge in [0.05, 0.1) is 0 Å². The van der Waals surface area contributed by atoms with E-state index in [9.17, 15) is 43.2 Å². The fourth-order valence-electron chi connectivity index (χ4n) is 4.39. The zero-order chi connectivity index (χ0) is 24.4. The second kappa shape index (κ2) is 7.26. The summed E-state index contributed by atoms with van der Waals surface area (Å²) < 4.78 is 130. The fraction of sp³-hybridized carbons (Fsp3) is 0.368. The minimum atomic E-state index is -5.90. The second-order valence-corrected chi connectivity index (χ2v) is 10.8. The van der Waals surface area contributed by atoms with Crippen LogP contribution >= 0.6 is 0 Å². The lowest BCUT2D eigenvalue weighted by atomic mass is 9.76. The number of fused-ring (bicyclic) bond motifs is 4. The van der Waals surface area contributed by atoms with Crippen LogP contribution < -0.4 is 8.37 Å². The first-order chi connectivity index (χ1) is 15.1. The van der Waals surface area contributed by atoms with Gasteiger partial charge in [0.15, 0.2) is 0 Å². The second-order valence-electron chi connectivity index (χ2n) is 7.69. The number of halogens is 6. The third-order valence-electron chi connectivity index (χ3n) is 5.81. The molecule has 1 spiro atoms. The first-order valence-corrected chi connectivity index (χ1v) is 12.2. The van der Waals surface area contributed by atoms with E-state index < -0.39 is 48.2 Å². The lowest BCUT2D eigenvalue weighted by Gasteiger charge is -2.27. The van der Waals surface area contributed by atoms with E-state index in [-0.39, 0.29) is 0 Å². The van der Waals surface area contributed by atoms with Crippen molar-refractivity contribution in [2.24, 2.45) is 0 Å². The highest BCUT2D eigenvalue weighted by Crippen LogP contribution is 2.53. The Morgan fingerprint density at radius 2 is 1.03 bits per heavy atom. The van der Waals surface area contributed by atoms with E-state index in [1.807, 2.05) is 0 Å². The summed E-state index contributed by atoms with van der Waals surface area (Å²) in [5.74, 6) is -1.12. The van der Waals surface area contributed by atoms with Crippen LogP contribution in [0.15, 0.2) is 36.4 Å². The van der Waals surface area contributed by atoms with E-state index >= 15 is 0 Å². The quantitative estimate of drug-likeness (QED) is 0.342. The van der Waals surface area contributed by atoms with Gasteiger partial charge in [-0.15, -0.1) is 0 Å². The largest absolute Gasteiger partial charge is 0.534 e. The van der Waals surface area contributed by atoms with Gasteiger partial charge in [0.25, 0.3) is 0 Å². The smallest absolute Gasteiger partial charge is 0.376 e. The summed E-state index contributed by atoms with van der Waals surface area (Å²) in [5.41, 5.74) is -9.78. The molecule has 0 amide bonds. The molecule has 6 nitrogen and oxygen atoms in total. The van der Waals surface area contributed by atoms with Gasteiger partial charge in [0.1, 0.15) is 11.5 Å². The van der Waals surface area contributed by atoms with E-state index in [4.69, 9.17) is 0 Å². The lowest BCUT2D eigenvalue weighted by molar-refractivity contribution is -0.0504. The van der Waals surface area contributed by atoms with Gasteiger partial charge in [0.2, 0.25) is 0 Å². The van der Waals surface area contributed by atoms with Gasteiger partial charge in [-0.25, -0.2) is 0 Å². The summed E-state index contributed by atoms with van der Waals surface area (Å²) in [5, 5.41) is 0. The van der Waals surface area contributed by atoms with Gasteiger partial charge in [-0.05, 0) is 72.2 Å². The van der Waals surface area contributed by atoms with Crippen LogP contribution in [0.25, 0.3) is 0 Å². The van der Waals surface area contributed by atoms with Gasteiger partial charge >= 0.3 is 31.3 Å². The molecule has 2 aliphatic rings. The van der Waals surface area contributed by atoms with Gasteiger partial charge in [-0.1, -0.05) is 12.1 Å². The molecule has 180 valence electrons. The van der Waals surface area contributed by atoms with E-state index in [2.05, 4.69) is 8.37 Å². The molecular formula is C19H14F6O6S2. The Kier molecular flexibility index (Phi) is 5.21. The maximum atomic E-state index is 12.7. The molecule has 2 aromatic carbocycles. The Balaban J connectivity index is 1.74. The molecule has 0 saturated carbocycles. The Morgan fingerprint density at radius 3 is 1.36 bits per heavy atom. The van der Waals surface area contributed by atoms with Gasteiger partial charge in [-0.2, -0.15) is 43.2 Å². The summed E-state index contributed by atoms with van der Waals surface area (Å²) in [4.78, 5) is 0. The Labute approximate surface area is 184 Å². The number of rotatable bonds is 4. The predicted molar refractivity (Wildman–Crippen MR) is 102 cm³/mol. The van der Waals surface area contributed by atoms with Crippen molar-refractivity contribution >= 4 is 20.2 Å². The highest BCUT2D eigenvalue weighted by atomic mass is 32.2. The van der Waals surface area contributed by atoms with E-state index in [1.165, 1.54) is 24.3 Å². The summed E-state index contributed by atoms with van der Waals surface area (Å²) in [7, 11) is -11.8. The van der Waals surface area contributed by atoms with Gasteiger partial charge in [-0.3, -0.25) is 0 Å². The number of alkyl halides is 6. The van der Waals surface area contributed by atoms with Crippen molar-refractivity contribution in [3.05, 3.63) is 58.7 Å². The zero-order valence-corrected chi connectivity index (χ0v) is 18.0. The van der Waals surface area contributed by atoms with Gasteiger partial charge < -0.3 is 8.37 Å². The standard InChI is InChI=1S/C19H14F6O6S2/c20-18(21,22)32(26,27)30-13-3-1-11-5-7-17(15(11)9-13)8-6-12-2-4-14(10-16(12)17)31-33(28,29)19(23,24)25/h1-4,9-10H,5-8H2. The molecule has 0 radical (unpaired) electrons. The molecule has 0 atom stereocenters. The van der Waals surface area contributed by atoms with Crippen molar-refractivity contribution in [1.82, 2.24) is 0 Å². The molecule has 0 N–H and O–H groups in total. The number of hydrogen-bond donors (Lipinski definition) is 0. The summed E-state index contributed by atoms with van der Waals surface area (Å²) in [6.45, 7) is 0. The van der Waals surface area contributed by atoms with Crippen LogP contribution in [0, 0.1) is 0 Å². The van der Waals surface area contributed by atoms with Crippen LogP contribution in [0.3, 0.4) is 0 Å². The summed E-state index contributed by atoms with van der Waals surface area (Å²) >= 11 is 0. The predicted octanol–water partition coefficient (Wildman–Crippen LogP) is 4.32. The molecule has 2 aliphatic carbocycles. The van der Waals surface area contributed by atoms with Crippen LogP contribution in [-0.4, -0.2) is 27.9 Å². The van der Waals surface area contributed by atoms with Gasteiger partial charge in [0, 0.05) is 5.41 Å². The average Bonchev–Trinajstić information content (AvgIpc) is 3.22. The third kappa shape index (κ3) is 3.92. The van der Waals surface area contributed by atoms with Crippen LogP contribution in [0.5, 0.6) is 11.5 Å². The molecule has 0 bridgehead atoms. The monoisotopic (exact) mass is 516 g/mol. The Hall–Kier alpha value is -2.48. The summed E-state index contributed by atoms with van der Waals surface area (Å²) in [6.07, 6.45) is 1.79. The maximum Gasteiger partial charge on any atom is 0.534 e. The Morgan fingerprint density at radius 1 is 0.667 bits per heavy atom. The molecule has 0 heterocycles.